The van der Waals surface area contributed by atoms with E-state index in [2.05, 4.69) is 20.5 Å². The van der Waals surface area contributed by atoms with Crippen molar-refractivity contribution in [3.63, 3.8) is 0 Å². The van der Waals surface area contributed by atoms with E-state index < -0.39 is 0 Å². The first-order valence-electron chi connectivity index (χ1n) is 8.78. The Hall–Kier alpha value is -2.35. The molecule has 0 aliphatic rings. The predicted octanol–water partition coefficient (Wildman–Crippen LogP) is 5.14. The summed E-state index contributed by atoms with van der Waals surface area (Å²) in [5, 5.41) is 5.33. The van der Waals surface area contributed by atoms with Crippen molar-refractivity contribution < 1.29 is 4.79 Å². The number of hydrazone groups is 1. The van der Waals surface area contributed by atoms with Crippen LogP contribution in [0.2, 0.25) is 5.02 Å². The molecule has 29 heavy (non-hydrogen) atoms. The number of benzene rings is 2. The Kier molecular flexibility index (Phi) is 7.69. The van der Waals surface area contributed by atoms with Crippen LogP contribution in [0.25, 0.3) is 0 Å². The number of carbonyl (C=O) groups is 1. The number of hydrogen-bond donors (Lipinski definition) is 1. The largest absolute Gasteiger partial charge is 0.272 e. The van der Waals surface area contributed by atoms with Crippen molar-refractivity contribution >= 4 is 47.2 Å². The molecule has 3 aromatic rings. The average Bonchev–Trinajstić information content (AvgIpc) is 2.69. The van der Waals surface area contributed by atoms with Gasteiger partial charge in [0, 0.05) is 26.2 Å². The summed E-state index contributed by atoms with van der Waals surface area (Å²) >= 11 is 8.85. The van der Waals surface area contributed by atoms with Gasteiger partial charge in [-0.1, -0.05) is 47.3 Å². The third kappa shape index (κ3) is 7.20. The van der Waals surface area contributed by atoms with Crippen molar-refractivity contribution in [1.82, 2.24) is 15.4 Å². The molecule has 8 heteroatoms. The van der Waals surface area contributed by atoms with Gasteiger partial charge < -0.3 is 0 Å². The first-order valence-corrected chi connectivity index (χ1v) is 11.0. The van der Waals surface area contributed by atoms with Crippen LogP contribution in [0.15, 0.2) is 74.6 Å². The van der Waals surface area contributed by atoms with Crippen molar-refractivity contribution in [1.29, 1.82) is 0 Å². The van der Waals surface area contributed by atoms with Crippen molar-refractivity contribution in [2.24, 2.45) is 5.10 Å². The van der Waals surface area contributed by atoms with Crippen LogP contribution in [0.1, 0.15) is 17.0 Å². The quantitative estimate of drug-likeness (QED) is 0.237. The maximum atomic E-state index is 11.9. The SMILES string of the molecule is Cc1cc(C)nc(SCC(=O)N/N=C/c2ccc(Sc3ccc(Cl)cc3)cc2)n1. The maximum Gasteiger partial charge on any atom is 0.250 e. The van der Waals surface area contributed by atoms with Crippen molar-refractivity contribution in [2.45, 2.75) is 28.8 Å². The van der Waals surface area contributed by atoms with Crippen molar-refractivity contribution in [2.75, 3.05) is 5.75 Å². The Morgan fingerprint density at radius 2 is 1.62 bits per heavy atom. The minimum Gasteiger partial charge on any atom is -0.272 e. The molecule has 0 saturated carbocycles. The Morgan fingerprint density at radius 1 is 1.03 bits per heavy atom. The Bertz CT molecular complexity index is 988. The summed E-state index contributed by atoms with van der Waals surface area (Å²) < 4.78 is 0. The van der Waals surface area contributed by atoms with Crippen LogP contribution in [0.3, 0.4) is 0 Å². The zero-order valence-corrected chi connectivity index (χ0v) is 18.3. The van der Waals surface area contributed by atoms with E-state index in [-0.39, 0.29) is 11.7 Å². The van der Waals surface area contributed by atoms with Crippen LogP contribution in [-0.2, 0) is 4.79 Å². The Morgan fingerprint density at radius 3 is 2.24 bits per heavy atom. The molecular weight excluding hydrogens is 424 g/mol. The van der Waals surface area contributed by atoms with E-state index in [1.54, 1.807) is 18.0 Å². The lowest BCUT2D eigenvalue weighted by atomic mass is 10.2. The van der Waals surface area contributed by atoms with Gasteiger partial charge in [-0.3, -0.25) is 4.79 Å². The third-order valence-electron chi connectivity index (χ3n) is 3.63. The lowest BCUT2D eigenvalue weighted by molar-refractivity contribution is -0.118. The molecule has 2 aromatic carbocycles. The van der Waals surface area contributed by atoms with Gasteiger partial charge in [-0.15, -0.1) is 0 Å². The van der Waals surface area contributed by atoms with Crippen LogP contribution >= 0.6 is 35.1 Å². The van der Waals surface area contributed by atoms with E-state index in [4.69, 9.17) is 11.6 Å². The number of hydrogen-bond acceptors (Lipinski definition) is 6. The molecule has 0 aliphatic heterocycles. The highest BCUT2D eigenvalue weighted by Gasteiger charge is 2.05. The van der Waals surface area contributed by atoms with E-state index in [1.807, 2.05) is 68.4 Å². The third-order valence-corrected chi connectivity index (χ3v) is 5.74. The summed E-state index contributed by atoms with van der Waals surface area (Å²) in [7, 11) is 0. The molecule has 0 unspecified atom stereocenters. The molecule has 0 fully saturated rings. The minimum atomic E-state index is -0.205. The van der Waals surface area contributed by atoms with Gasteiger partial charge >= 0.3 is 0 Å². The molecule has 5 nitrogen and oxygen atoms in total. The van der Waals surface area contributed by atoms with Gasteiger partial charge in [0.25, 0.3) is 5.91 Å². The fourth-order valence-corrected chi connectivity index (χ4v) is 4.04. The van der Waals surface area contributed by atoms with E-state index in [0.717, 1.165) is 31.8 Å². The van der Waals surface area contributed by atoms with Gasteiger partial charge in [0.2, 0.25) is 0 Å². The molecule has 1 heterocycles. The Balaban J connectivity index is 1.47. The van der Waals surface area contributed by atoms with Crippen LogP contribution in [0, 0.1) is 13.8 Å². The fourth-order valence-electron chi connectivity index (χ4n) is 2.36. The second-order valence-corrected chi connectivity index (χ2v) is 8.67. The standard InChI is InChI=1S/C21H19ClN4OS2/c1-14-11-15(2)25-21(24-14)28-13-20(27)26-23-12-16-3-7-18(8-4-16)29-19-9-5-17(22)6-10-19/h3-12H,13H2,1-2H3,(H,26,27)/b23-12+. The summed E-state index contributed by atoms with van der Waals surface area (Å²) in [4.78, 5) is 22.8. The number of nitrogens with zero attached hydrogens (tertiary/aromatic N) is 3. The first-order chi connectivity index (χ1) is 14.0. The first kappa shape index (κ1) is 21.4. The van der Waals surface area contributed by atoms with E-state index >= 15 is 0 Å². The molecule has 3 rings (SSSR count). The number of aromatic nitrogens is 2. The van der Waals surface area contributed by atoms with Crippen LogP contribution in [-0.4, -0.2) is 27.8 Å². The zero-order chi connectivity index (χ0) is 20.6. The summed E-state index contributed by atoms with van der Waals surface area (Å²) in [6.45, 7) is 3.81. The minimum absolute atomic E-state index is 0.205. The second-order valence-electron chi connectivity index (χ2n) is 6.14. The molecular formula is C21H19ClN4OS2. The molecule has 1 amide bonds. The molecule has 0 radical (unpaired) electrons. The topological polar surface area (TPSA) is 67.2 Å². The molecule has 0 atom stereocenters. The predicted molar refractivity (Wildman–Crippen MR) is 120 cm³/mol. The normalized spacial score (nSPS) is 11.0. The van der Waals surface area contributed by atoms with Gasteiger partial charge in [0.15, 0.2) is 5.16 Å². The van der Waals surface area contributed by atoms with Crippen LogP contribution in [0.4, 0.5) is 0 Å². The van der Waals surface area contributed by atoms with E-state index in [9.17, 15) is 4.79 Å². The maximum absolute atomic E-state index is 11.9. The number of amides is 1. The van der Waals surface area contributed by atoms with Crippen LogP contribution in [0.5, 0.6) is 0 Å². The summed E-state index contributed by atoms with van der Waals surface area (Å²) in [6, 6.07) is 17.5. The van der Waals surface area contributed by atoms with Crippen molar-refractivity contribution in [3.05, 3.63) is 76.6 Å². The molecule has 0 spiro atoms. The monoisotopic (exact) mass is 442 g/mol. The Labute approximate surface area is 183 Å². The van der Waals surface area contributed by atoms with Gasteiger partial charge in [-0.25, -0.2) is 15.4 Å². The highest BCUT2D eigenvalue weighted by atomic mass is 35.5. The average molecular weight is 443 g/mol. The molecule has 1 N–H and O–H groups in total. The lowest BCUT2D eigenvalue weighted by Crippen LogP contribution is -2.19. The number of nitrogens with one attached hydrogen (secondary N) is 1. The van der Waals surface area contributed by atoms with Crippen molar-refractivity contribution in [3.8, 4) is 0 Å². The highest BCUT2D eigenvalue weighted by Crippen LogP contribution is 2.28. The molecule has 1 aromatic heterocycles. The van der Waals surface area contributed by atoms with Gasteiger partial charge in [-0.2, -0.15) is 5.10 Å². The summed E-state index contributed by atoms with van der Waals surface area (Å²) in [6.07, 6.45) is 1.62. The number of rotatable bonds is 7. The number of carbonyl (C=O) groups excluding carboxylic acids is 1. The molecule has 0 bridgehead atoms. The zero-order valence-electron chi connectivity index (χ0n) is 15.9. The summed E-state index contributed by atoms with van der Waals surface area (Å²) in [5.41, 5.74) is 5.20. The summed E-state index contributed by atoms with van der Waals surface area (Å²) in [5.74, 6) is 0.000561. The van der Waals surface area contributed by atoms with Gasteiger partial charge in [0.1, 0.15) is 0 Å². The smallest absolute Gasteiger partial charge is 0.250 e. The van der Waals surface area contributed by atoms with Gasteiger partial charge in [-0.05, 0) is 61.9 Å². The highest BCUT2D eigenvalue weighted by molar-refractivity contribution is 7.99. The second kappa shape index (κ2) is 10.4. The molecule has 0 saturated heterocycles. The van der Waals surface area contributed by atoms with E-state index in [1.165, 1.54) is 11.8 Å². The number of thioether (sulfide) groups is 1. The number of halogens is 1. The number of aryl methyl sites for hydroxylation is 2. The molecule has 148 valence electrons. The fraction of sp³-hybridized carbons (Fsp3) is 0.143. The molecule has 0 aliphatic carbocycles. The van der Waals surface area contributed by atoms with E-state index in [0.29, 0.717) is 5.16 Å². The van der Waals surface area contributed by atoms with Gasteiger partial charge in [0.05, 0.1) is 12.0 Å². The lowest BCUT2D eigenvalue weighted by Gasteiger charge is -2.03. The van der Waals surface area contributed by atoms with Crippen LogP contribution < -0.4 is 5.43 Å².